The molecule has 6 heteroatoms. The summed E-state index contributed by atoms with van der Waals surface area (Å²) in [6, 6.07) is 0. The van der Waals surface area contributed by atoms with E-state index in [1.807, 2.05) is 13.8 Å². The third-order valence-corrected chi connectivity index (χ3v) is 4.68. The summed E-state index contributed by atoms with van der Waals surface area (Å²) in [6.07, 6.45) is 1.10. The van der Waals surface area contributed by atoms with Gasteiger partial charge in [0, 0.05) is 31.8 Å². The van der Waals surface area contributed by atoms with Gasteiger partial charge in [0.2, 0.25) is 10.0 Å². The molecule has 1 saturated heterocycles. The van der Waals surface area contributed by atoms with Crippen LogP contribution < -0.4 is 4.72 Å². The lowest BCUT2D eigenvalue weighted by Crippen LogP contribution is -2.42. The maximum absolute atomic E-state index is 11.9. The van der Waals surface area contributed by atoms with Crippen molar-refractivity contribution in [2.45, 2.75) is 31.9 Å². The van der Waals surface area contributed by atoms with Gasteiger partial charge < -0.3 is 9.84 Å². The van der Waals surface area contributed by atoms with Crippen LogP contribution >= 0.6 is 0 Å². The van der Waals surface area contributed by atoms with E-state index in [-0.39, 0.29) is 18.4 Å². The first kappa shape index (κ1) is 13.9. The van der Waals surface area contributed by atoms with Gasteiger partial charge in [-0.1, -0.05) is 13.8 Å². The number of aliphatic hydroxyl groups is 1. The summed E-state index contributed by atoms with van der Waals surface area (Å²) in [4.78, 5) is 0. The van der Waals surface area contributed by atoms with E-state index in [2.05, 4.69) is 4.72 Å². The zero-order valence-electron chi connectivity index (χ0n) is 9.90. The average molecular weight is 251 g/mol. The lowest BCUT2D eigenvalue weighted by Gasteiger charge is -2.26. The molecule has 1 rings (SSSR count). The van der Waals surface area contributed by atoms with E-state index in [1.165, 1.54) is 0 Å². The van der Waals surface area contributed by atoms with Crippen molar-refractivity contribution < 1.29 is 18.3 Å². The summed E-state index contributed by atoms with van der Waals surface area (Å²) in [5, 5.41) is 8.70. The van der Waals surface area contributed by atoms with Crippen LogP contribution in [-0.2, 0) is 14.8 Å². The Kier molecular flexibility index (Phi) is 4.73. The molecule has 1 fully saturated rings. The van der Waals surface area contributed by atoms with E-state index in [0.29, 0.717) is 26.1 Å². The number of sulfonamides is 1. The minimum atomic E-state index is -3.27. The Bertz CT molecular complexity index is 307. The molecule has 1 aliphatic heterocycles. The molecule has 0 spiro atoms. The van der Waals surface area contributed by atoms with Crippen LogP contribution in [0.25, 0.3) is 0 Å². The molecule has 0 bridgehead atoms. The lowest BCUT2D eigenvalue weighted by atomic mass is 9.96. The highest BCUT2D eigenvalue weighted by molar-refractivity contribution is 7.90. The molecule has 0 saturated carbocycles. The monoisotopic (exact) mass is 251 g/mol. The summed E-state index contributed by atoms with van der Waals surface area (Å²) in [6.45, 7) is 4.88. The number of rotatable bonds is 5. The fourth-order valence-corrected chi connectivity index (χ4v) is 3.10. The van der Waals surface area contributed by atoms with Crippen molar-refractivity contribution in [1.29, 1.82) is 0 Å². The van der Waals surface area contributed by atoms with Crippen LogP contribution in [0, 0.1) is 5.41 Å². The molecule has 96 valence electrons. The second kappa shape index (κ2) is 5.44. The third kappa shape index (κ3) is 4.01. The predicted octanol–water partition coefficient (Wildman–Crippen LogP) is 0.103. The summed E-state index contributed by atoms with van der Waals surface area (Å²) >= 11 is 0. The Labute approximate surface area is 97.2 Å². The number of hydrogen-bond acceptors (Lipinski definition) is 4. The smallest absolute Gasteiger partial charge is 0.214 e. The quantitative estimate of drug-likeness (QED) is 0.727. The molecule has 16 heavy (non-hydrogen) atoms. The molecule has 0 aliphatic carbocycles. The predicted molar refractivity (Wildman–Crippen MR) is 61.6 cm³/mol. The van der Waals surface area contributed by atoms with E-state index in [0.717, 1.165) is 0 Å². The largest absolute Gasteiger partial charge is 0.396 e. The van der Waals surface area contributed by atoms with Gasteiger partial charge in [0.05, 0.1) is 5.25 Å². The fraction of sp³-hybridized carbons (Fsp3) is 1.00. The Morgan fingerprint density at radius 1 is 1.38 bits per heavy atom. The molecule has 1 aliphatic rings. The summed E-state index contributed by atoms with van der Waals surface area (Å²) in [5.74, 6) is 0. The molecule has 0 aromatic rings. The van der Waals surface area contributed by atoms with E-state index >= 15 is 0 Å². The van der Waals surface area contributed by atoms with Crippen molar-refractivity contribution in [3.05, 3.63) is 0 Å². The van der Waals surface area contributed by atoms with E-state index < -0.39 is 15.4 Å². The number of hydrogen-bond donors (Lipinski definition) is 2. The standard InChI is InChI=1S/C10H21NO4S/c1-10(2,8-12)7-11-16(13,14)9-3-5-15-6-4-9/h9,11-12H,3-8H2,1-2H3. The van der Waals surface area contributed by atoms with Crippen LogP contribution in [0.5, 0.6) is 0 Å². The van der Waals surface area contributed by atoms with Gasteiger partial charge in [-0.2, -0.15) is 0 Å². The van der Waals surface area contributed by atoms with Gasteiger partial charge >= 0.3 is 0 Å². The summed E-state index contributed by atoms with van der Waals surface area (Å²) in [7, 11) is -3.27. The van der Waals surface area contributed by atoms with Gasteiger partial charge in [0.1, 0.15) is 0 Å². The van der Waals surface area contributed by atoms with Crippen molar-refractivity contribution in [2.75, 3.05) is 26.4 Å². The Hall–Kier alpha value is -0.170. The maximum Gasteiger partial charge on any atom is 0.214 e. The van der Waals surface area contributed by atoms with Crippen molar-refractivity contribution in [3.8, 4) is 0 Å². The minimum Gasteiger partial charge on any atom is -0.396 e. The summed E-state index contributed by atoms with van der Waals surface area (Å²) < 4.78 is 31.5. The van der Waals surface area contributed by atoms with Gasteiger partial charge in [-0.3, -0.25) is 0 Å². The van der Waals surface area contributed by atoms with E-state index in [4.69, 9.17) is 9.84 Å². The number of ether oxygens (including phenoxy) is 1. The topological polar surface area (TPSA) is 75.6 Å². The molecule has 0 radical (unpaired) electrons. The molecule has 5 nitrogen and oxygen atoms in total. The fourth-order valence-electron chi connectivity index (χ4n) is 1.46. The van der Waals surface area contributed by atoms with Crippen molar-refractivity contribution in [3.63, 3.8) is 0 Å². The van der Waals surface area contributed by atoms with Gasteiger partial charge in [-0.05, 0) is 12.8 Å². The zero-order chi connectivity index (χ0) is 12.2. The third-order valence-electron chi connectivity index (χ3n) is 2.79. The average Bonchev–Trinajstić information content (AvgIpc) is 2.28. The van der Waals surface area contributed by atoms with Crippen molar-refractivity contribution in [1.82, 2.24) is 4.72 Å². The highest BCUT2D eigenvalue weighted by atomic mass is 32.2. The van der Waals surface area contributed by atoms with Gasteiger partial charge in [0.25, 0.3) is 0 Å². The van der Waals surface area contributed by atoms with Crippen LogP contribution in [-0.4, -0.2) is 45.1 Å². The molecular weight excluding hydrogens is 230 g/mol. The number of nitrogens with one attached hydrogen (secondary N) is 1. The molecule has 0 aromatic heterocycles. The second-order valence-corrected chi connectivity index (χ2v) is 7.05. The molecule has 0 atom stereocenters. The summed E-state index contributed by atoms with van der Waals surface area (Å²) in [5.41, 5.74) is -0.418. The zero-order valence-corrected chi connectivity index (χ0v) is 10.7. The lowest BCUT2D eigenvalue weighted by molar-refractivity contribution is 0.0979. The van der Waals surface area contributed by atoms with Crippen LogP contribution in [0.2, 0.25) is 0 Å². The van der Waals surface area contributed by atoms with Crippen LogP contribution in [0.4, 0.5) is 0 Å². The maximum atomic E-state index is 11.9. The van der Waals surface area contributed by atoms with Gasteiger partial charge in [0.15, 0.2) is 0 Å². The molecule has 0 amide bonds. The molecule has 1 heterocycles. The first-order chi connectivity index (χ1) is 7.37. The highest BCUT2D eigenvalue weighted by Gasteiger charge is 2.29. The molecular formula is C10H21NO4S. The first-order valence-electron chi connectivity index (χ1n) is 5.54. The van der Waals surface area contributed by atoms with E-state index in [1.54, 1.807) is 0 Å². The highest BCUT2D eigenvalue weighted by Crippen LogP contribution is 2.17. The van der Waals surface area contributed by atoms with Gasteiger partial charge in [-0.15, -0.1) is 0 Å². The van der Waals surface area contributed by atoms with Gasteiger partial charge in [-0.25, -0.2) is 13.1 Å². The Morgan fingerprint density at radius 3 is 2.44 bits per heavy atom. The number of aliphatic hydroxyl groups excluding tert-OH is 1. The molecule has 0 unspecified atom stereocenters. The van der Waals surface area contributed by atoms with Crippen molar-refractivity contribution >= 4 is 10.0 Å². The SMILES string of the molecule is CC(C)(CO)CNS(=O)(=O)C1CCOCC1. The normalized spacial score (nSPS) is 19.9. The van der Waals surface area contributed by atoms with Crippen LogP contribution in [0.15, 0.2) is 0 Å². The van der Waals surface area contributed by atoms with Crippen LogP contribution in [0.3, 0.4) is 0 Å². The Balaban J connectivity index is 2.51. The minimum absolute atomic E-state index is 0.0384. The van der Waals surface area contributed by atoms with E-state index in [9.17, 15) is 8.42 Å². The Morgan fingerprint density at radius 2 is 1.94 bits per heavy atom. The molecule has 0 aromatic carbocycles. The molecule has 2 N–H and O–H groups in total. The van der Waals surface area contributed by atoms with Crippen molar-refractivity contribution in [2.24, 2.45) is 5.41 Å². The van der Waals surface area contributed by atoms with Crippen LogP contribution in [0.1, 0.15) is 26.7 Å². The second-order valence-electron chi connectivity index (χ2n) is 5.00. The first-order valence-corrected chi connectivity index (χ1v) is 7.09.